The number of rotatable bonds is 6. The van der Waals surface area contributed by atoms with Crippen molar-refractivity contribution in [2.45, 2.75) is 57.0 Å². The third kappa shape index (κ3) is 5.43. The Balaban J connectivity index is 1.23. The van der Waals surface area contributed by atoms with Crippen LogP contribution in [-0.2, 0) is 0 Å². The largest absolute Gasteiger partial charge is 0.495 e. The van der Waals surface area contributed by atoms with E-state index in [9.17, 15) is 4.79 Å². The number of nitrogens with one attached hydrogen (secondary N) is 1. The van der Waals surface area contributed by atoms with Crippen LogP contribution in [0.5, 0.6) is 5.75 Å². The van der Waals surface area contributed by atoms with Crippen LogP contribution in [0.25, 0.3) is 0 Å². The number of nitrogens with zero attached hydrogens (tertiary/aromatic N) is 2. The Hall–Kier alpha value is -1.79. The van der Waals surface area contributed by atoms with Crippen LogP contribution < -0.4 is 15.8 Å². The summed E-state index contributed by atoms with van der Waals surface area (Å²) in [6.45, 7) is 6.26. The summed E-state index contributed by atoms with van der Waals surface area (Å²) in [6.07, 6.45) is 8.66. The fourth-order valence-corrected chi connectivity index (χ4v) is 4.91. The molecule has 160 valence electrons. The summed E-state index contributed by atoms with van der Waals surface area (Å²) in [5.74, 6) is 1.51. The number of hydrogen-bond donors (Lipinski definition) is 2. The van der Waals surface area contributed by atoms with Gasteiger partial charge in [-0.25, -0.2) is 0 Å². The molecule has 3 fully saturated rings. The molecule has 3 aliphatic rings. The molecule has 1 aromatic rings. The van der Waals surface area contributed by atoms with Crippen LogP contribution in [0, 0.1) is 5.92 Å². The van der Waals surface area contributed by atoms with E-state index >= 15 is 0 Å². The van der Waals surface area contributed by atoms with Gasteiger partial charge in [0.1, 0.15) is 5.75 Å². The third-order valence-electron chi connectivity index (χ3n) is 6.88. The van der Waals surface area contributed by atoms with Crippen LogP contribution >= 0.6 is 0 Å². The van der Waals surface area contributed by atoms with E-state index in [0.717, 1.165) is 18.8 Å². The zero-order chi connectivity index (χ0) is 20.2. The van der Waals surface area contributed by atoms with Crippen LogP contribution in [0.1, 0.15) is 55.3 Å². The summed E-state index contributed by atoms with van der Waals surface area (Å²) in [4.78, 5) is 18.0. The van der Waals surface area contributed by atoms with Crippen molar-refractivity contribution < 1.29 is 9.53 Å². The number of hydrogen-bond acceptors (Lipinski definition) is 5. The molecular formula is C23H36N4O2. The fourth-order valence-electron chi connectivity index (χ4n) is 4.91. The van der Waals surface area contributed by atoms with Gasteiger partial charge in [-0.1, -0.05) is 0 Å². The lowest BCUT2D eigenvalue weighted by Crippen LogP contribution is -2.45. The van der Waals surface area contributed by atoms with E-state index in [2.05, 4.69) is 15.1 Å². The molecule has 1 heterocycles. The number of carbonyl (C=O) groups is 1. The molecule has 0 aromatic heterocycles. The van der Waals surface area contributed by atoms with Crippen molar-refractivity contribution in [2.75, 3.05) is 45.6 Å². The lowest BCUT2D eigenvalue weighted by Gasteiger charge is -2.36. The van der Waals surface area contributed by atoms with Crippen molar-refractivity contribution in [2.24, 2.45) is 5.92 Å². The fraction of sp³-hybridized carbons (Fsp3) is 0.696. The highest BCUT2D eigenvalue weighted by molar-refractivity contribution is 5.95. The molecule has 6 nitrogen and oxygen atoms in total. The number of methoxy groups -OCH3 is 1. The predicted octanol–water partition coefficient (Wildman–Crippen LogP) is 2.74. The number of carbonyl (C=O) groups excluding carboxylic acids is 1. The minimum atomic E-state index is -0.0303. The minimum absolute atomic E-state index is 0.0303. The Morgan fingerprint density at radius 1 is 1.10 bits per heavy atom. The molecule has 2 saturated carbocycles. The van der Waals surface area contributed by atoms with Gasteiger partial charge in [0, 0.05) is 37.3 Å². The molecule has 0 atom stereocenters. The maximum absolute atomic E-state index is 12.6. The van der Waals surface area contributed by atoms with E-state index in [4.69, 9.17) is 10.5 Å². The quantitative estimate of drug-likeness (QED) is 0.719. The highest BCUT2D eigenvalue weighted by atomic mass is 16.5. The molecular weight excluding hydrogens is 364 g/mol. The summed E-state index contributed by atoms with van der Waals surface area (Å²) < 4.78 is 5.24. The second-order valence-corrected chi connectivity index (χ2v) is 9.07. The van der Waals surface area contributed by atoms with E-state index in [-0.39, 0.29) is 11.9 Å². The number of nitrogens with two attached hydrogens (primary N) is 1. The first-order valence-corrected chi connectivity index (χ1v) is 11.3. The summed E-state index contributed by atoms with van der Waals surface area (Å²) >= 11 is 0. The lowest BCUT2D eigenvalue weighted by atomic mass is 9.89. The average Bonchev–Trinajstić information content (AvgIpc) is 3.57. The van der Waals surface area contributed by atoms with Gasteiger partial charge in [0.2, 0.25) is 0 Å². The van der Waals surface area contributed by atoms with Gasteiger partial charge in [-0.15, -0.1) is 0 Å². The molecule has 1 saturated heterocycles. The highest BCUT2D eigenvalue weighted by Crippen LogP contribution is 2.30. The molecule has 29 heavy (non-hydrogen) atoms. The molecule has 6 heteroatoms. The molecule has 0 spiro atoms. The van der Waals surface area contributed by atoms with E-state index in [1.165, 1.54) is 64.8 Å². The molecule has 2 aliphatic carbocycles. The summed E-state index contributed by atoms with van der Waals surface area (Å²) in [5.41, 5.74) is 7.02. The Labute approximate surface area is 174 Å². The molecule has 3 N–H and O–H groups in total. The monoisotopic (exact) mass is 400 g/mol. The van der Waals surface area contributed by atoms with Crippen molar-refractivity contribution in [3.8, 4) is 5.75 Å². The number of benzene rings is 1. The van der Waals surface area contributed by atoms with Crippen molar-refractivity contribution in [1.82, 2.24) is 15.1 Å². The second-order valence-electron chi connectivity index (χ2n) is 9.07. The van der Waals surface area contributed by atoms with E-state index in [1.54, 1.807) is 25.3 Å². The van der Waals surface area contributed by atoms with Gasteiger partial charge < -0.3 is 20.7 Å². The number of anilines is 1. The predicted molar refractivity (Wildman–Crippen MR) is 116 cm³/mol. The number of nitrogen functional groups attached to an aromatic ring is 1. The van der Waals surface area contributed by atoms with Crippen LogP contribution in [0.4, 0.5) is 5.69 Å². The zero-order valence-electron chi connectivity index (χ0n) is 17.7. The standard InChI is InChI=1S/C23H36N4O2/c1-29-22-15-18(5-10-21(22)24)23(28)25-19-6-8-20(9-7-19)27-12-2-11-26(13-14-27)16-17-3-4-17/h5,10,15,17,19-20H,2-4,6-9,11-14,16,24H2,1H3,(H,25,28). The summed E-state index contributed by atoms with van der Waals surface area (Å²) in [6, 6.07) is 6.17. The van der Waals surface area contributed by atoms with Gasteiger partial charge in [0.25, 0.3) is 5.91 Å². The molecule has 4 rings (SSSR count). The van der Waals surface area contributed by atoms with Crippen LogP contribution in [0.2, 0.25) is 0 Å². The van der Waals surface area contributed by atoms with Gasteiger partial charge in [0.05, 0.1) is 12.8 Å². The van der Waals surface area contributed by atoms with Gasteiger partial charge in [-0.3, -0.25) is 9.69 Å². The van der Waals surface area contributed by atoms with Crippen LogP contribution in [0.3, 0.4) is 0 Å². The molecule has 0 radical (unpaired) electrons. The Morgan fingerprint density at radius 2 is 1.90 bits per heavy atom. The molecule has 1 aliphatic heterocycles. The van der Waals surface area contributed by atoms with Crippen molar-refractivity contribution >= 4 is 11.6 Å². The highest BCUT2D eigenvalue weighted by Gasteiger charge is 2.30. The normalized spacial score (nSPS) is 26.7. The first kappa shape index (κ1) is 20.5. The van der Waals surface area contributed by atoms with Crippen molar-refractivity contribution in [3.63, 3.8) is 0 Å². The maximum Gasteiger partial charge on any atom is 0.251 e. The van der Waals surface area contributed by atoms with Gasteiger partial charge >= 0.3 is 0 Å². The average molecular weight is 401 g/mol. The van der Waals surface area contributed by atoms with Gasteiger partial charge in [0.15, 0.2) is 0 Å². The van der Waals surface area contributed by atoms with Crippen LogP contribution in [0.15, 0.2) is 18.2 Å². The first-order chi connectivity index (χ1) is 14.1. The van der Waals surface area contributed by atoms with Crippen molar-refractivity contribution in [1.29, 1.82) is 0 Å². The number of amides is 1. The molecule has 0 unspecified atom stereocenters. The third-order valence-corrected chi connectivity index (χ3v) is 6.88. The van der Waals surface area contributed by atoms with E-state index < -0.39 is 0 Å². The first-order valence-electron chi connectivity index (χ1n) is 11.3. The van der Waals surface area contributed by atoms with Gasteiger partial charge in [-0.2, -0.15) is 0 Å². The smallest absolute Gasteiger partial charge is 0.251 e. The van der Waals surface area contributed by atoms with Crippen molar-refractivity contribution in [3.05, 3.63) is 23.8 Å². The van der Waals surface area contributed by atoms with Gasteiger partial charge in [-0.05, 0) is 82.2 Å². The Morgan fingerprint density at radius 3 is 2.62 bits per heavy atom. The Kier molecular flexibility index (Phi) is 6.60. The molecule has 1 amide bonds. The molecule has 1 aromatic carbocycles. The maximum atomic E-state index is 12.6. The van der Waals surface area contributed by atoms with Crippen LogP contribution in [-0.4, -0.2) is 67.6 Å². The lowest BCUT2D eigenvalue weighted by molar-refractivity contribution is 0.0903. The van der Waals surface area contributed by atoms with E-state index in [1.807, 2.05) is 0 Å². The SMILES string of the molecule is COc1cc(C(=O)NC2CCC(N3CCCN(CC4CC4)CC3)CC2)ccc1N. The number of ether oxygens (including phenoxy) is 1. The molecule has 0 bridgehead atoms. The topological polar surface area (TPSA) is 70.8 Å². The minimum Gasteiger partial charge on any atom is -0.495 e. The van der Waals surface area contributed by atoms with E-state index in [0.29, 0.717) is 23.0 Å². The Bertz CT molecular complexity index is 698. The summed E-state index contributed by atoms with van der Waals surface area (Å²) in [5, 5.41) is 3.22. The summed E-state index contributed by atoms with van der Waals surface area (Å²) in [7, 11) is 1.57. The second kappa shape index (κ2) is 9.35. The zero-order valence-corrected chi connectivity index (χ0v) is 17.7.